The summed E-state index contributed by atoms with van der Waals surface area (Å²) in [7, 11) is 0. The van der Waals surface area contributed by atoms with Crippen LogP contribution in [0.15, 0.2) is 53.9 Å². The van der Waals surface area contributed by atoms with E-state index in [9.17, 15) is 9.59 Å². The Morgan fingerprint density at radius 1 is 1.23 bits per heavy atom. The standard InChI is InChI=1S/C23H23N3O3S/c1-4-25(18-8-6-5-7-9-18)22(27)13-26-20-12-17(19-14-30-16(3)24-19)10-11-21(20)29-15(2)23(26)28/h5-12,14-15H,4,13H2,1-3H3. The summed E-state index contributed by atoms with van der Waals surface area (Å²) in [4.78, 5) is 33.8. The molecule has 7 heteroatoms. The number of nitrogens with zero attached hydrogens (tertiary/aromatic N) is 3. The molecule has 1 atom stereocenters. The molecule has 1 aliphatic rings. The highest BCUT2D eigenvalue weighted by Crippen LogP contribution is 2.37. The van der Waals surface area contributed by atoms with Crippen molar-refractivity contribution in [3.8, 4) is 17.0 Å². The van der Waals surface area contributed by atoms with Gasteiger partial charge in [-0.1, -0.05) is 18.2 Å². The number of likely N-dealkylation sites (N-methyl/N-ethyl adjacent to an activating group) is 1. The van der Waals surface area contributed by atoms with Crippen LogP contribution in [0.2, 0.25) is 0 Å². The lowest BCUT2D eigenvalue weighted by molar-refractivity contribution is -0.127. The van der Waals surface area contributed by atoms with Crippen LogP contribution in [0.25, 0.3) is 11.3 Å². The smallest absolute Gasteiger partial charge is 0.268 e. The van der Waals surface area contributed by atoms with E-state index in [-0.39, 0.29) is 18.4 Å². The summed E-state index contributed by atoms with van der Waals surface area (Å²) in [6.45, 7) is 6.04. The number of fused-ring (bicyclic) bond motifs is 1. The van der Waals surface area contributed by atoms with Gasteiger partial charge in [-0.2, -0.15) is 0 Å². The van der Waals surface area contributed by atoms with E-state index in [4.69, 9.17) is 4.74 Å². The first-order valence-corrected chi connectivity index (χ1v) is 10.8. The van der Waals surface area contributed by atoms with Crippen molar-refractivity contribution in [2.45, 2.75) is 26.9 Å². The highest BCUT2D eigenvalue weighted by Gasteiger charge is 2.34. The number of para-hydroxylation sites is 1. The van der Waals surface area contributed by atoms with Crippen LogP contribution in [0.4, 0.5) is 11.4 Å². The molecule has 1 aromatic heterocycles. The molecule has 6 nitrogen and oxygen atoms in total. The van der Waals surface area contributed by atoms with Gasteiger partial charge < -0.3 is 9.64 Å². The van der Waals surface area contributed by atoms with Gasteiger partial charge in [-0.3, -0.25) is 14.5 Å². The van der Waals surface area contributed by atoms with Crippen molar-refractivity contribution in [3.05, 3.63) is 58.9 Å². The number of benzene rings is 2. The molecule has 3 aromatic rings. The van der Waals surface area contributed by atoms with Crippen LogP contribution in [-0.2, 0) is 9.59 Å². The molecule has 0 bridgehead atoms. The summed E-state index contributed by atoms with van der Waals surface area (Å²) < 4.78 is 5.79. The number of anilines is 2. The summed E-state index contributed by atoms with van der Waals surface area (Å²) in [5, 5.41) is 2.95. The second-order valence-corrected chi connectivity index (χ2v) is 8.15. The number of rotatable bonds is 5. The Morgan fingerprint density at radius 3 is 2.67 bits per heavy atom. The summed E-state index contributed by atoms with van der Waals surface area (Å²) in [6.07, 6.45) is -0.649. The minimum absolute atomic E-state index is 0.0538. The molecule has 2 aromatic carbocycles. The van der Waals surface area contributed by atoms with Crippen molar-refractivity contribution < 1.29 is 14.3 Å². The van der Waals surface area contributed by atoms with Gasteiger partial charge in [-0.15, -0.1) is 11.3 Å². The Balaban J connectivity index is 1.67. The monoisotopic (exact) mass is 421 g/mol. The minimum atomic E-state index is -0.649. The van der Waals surface area contributed by atoms with Crippen LogP contribution < -0.4 is 14.5 Å². The first-order chi connectivity index (χ1) is 14.5. The first kappa shape index (κ1) is 20.1. The van der Waals surface area contributed by atoms with E-state index in [0.29, 0.717) is 18.0 Å². The van der Waals surface area contributed by atoms with E-state index in [1.165, 1.54) is 4.90 Å². The first-order valence-electron chi connectivity index (χ1n) is 9.88. The minimum Gasteiger partial charge on any atom is -0.479 e. The van der Waals surface area contributed by atoms with E-state index >= 15 is 0 Å². The molecule has 1 aliphatic heterocycles. The second kappa shape index (κ2) is 8.28. The molecular weight excluding hydrogens is 398 g/mol. The van der Waals surface area contributed by atoms with Crippen molar-refractivity contribution in [3.63, 3.8) is 0 Å². The third-order valence-corrected chi connectivity index (χ3v) is 5.83. The summed E-state index contributed by atoms with van der Waals surface area (Å²) in [5.41, 5.74) is 3.14. The fourth-order valence-electron chi connectivity index (χ4n) is 3.56. The van der Waals surface area contributed by atoms with Crippen LogP contribution in [0, 0.1) is 6.92 Å². The molecular formula is C23H23N3O3S. The van der Waals surface area contributed by atoms with Gasteiger partial charge in [0, 0.05) is 23.2 Å². The molecule has 1 unspecified atom stereocenters. The van der Waals surface area contributed by atoms with Crippen LogP contribution >= 0.6 is 11.3 Å². The molecule has 154 valence electrons. The molecule has 4 rings (SSSR count). The molecule has 0 spiro atoms. The second-order valence-electron chi connectivity index (χ2n) is 7.09. The number of ether oxygens (including phenoxy) is 1. The van der Waals surface area contributed by atoms with E-state index in [1.54, 1.807) is 23.2 Å². The van der Waals surface area contributed by atoms with Crippen LogP contribution in [0.3, 0.4) is 0 Å². The fourth-order valence-corrected chi connectivity index (χ4v) is 4.18. The van der Waals surface area contributed by atoms with Crippen LogP contribution in [-0.4, -0.2) is 36.0 Å². The average Bonchev–Trinajstić information content (AvgIpc) is 3.19. The zero-order valence-corrected chi connectivity index (χ0v) is 18.0. The Morgan fingerprint density at radius 2 is 2.00 bits per heavy atom. The Labute approximate surface area is 179 Å². The SMILES string of the molecule is CCN(C(=O)CN1C(=O)C(C)Oc2ccc(-c3csc(C)n3)cc21)c1ccccc1. The third kappa shape index (κ3) is 3.80. The molecule has 0 radical (unpaired) electrons. The molecule has 0 saturated heterocycles. The molecule has 2 heterocycles. The number of aryl methyl sites for hydroxylation is 1. The fraction of sp³-hybridized carbons (Fsp3) is 0.261. The highest BCUT2D eigenvalue weighted by atomic mass is 32.1. The maximum absolute atomic E-state index is 13.1. The number of amides is 2. The number of carbonyl (C=O) groups excluding carboxylic acids is 2. The van der Waals surface area contributed by atoms with Crippen molar-refractivity contribution >= 4 is 34.5 Å². The van der Waals surface area contributed by atoms with Gasteiger partial charge in [-0.05, 0) is 51.1 Å². The van der Waals surface area contributed by atoms with Crippen molar-refractivity contribution in [1.29, 1.82) is 0 Å². The lowest BCUT2D eigenvalue weighted by atomic mass is 10.1. The lowest BCUT2D eigenvalue weighted by Gasteiger charge is -2.34. The Bertz CT molecular complexity index is 1080. The highest BCUT2D eigenvalue weighted by molar-refractivity contribution is 7.09. The van der Waals surface area contributed by atoms with Crippen LogP contribution in [0.5, 0.6) is 5.75 Å². The van der Waals surface area contributed by atoms with Gasteiger partial charge in [-0.25, -0.2) is 4.98 Å². The lowest BCUT2D eigenvalue weighted by Crippen LogP contribution is -2.49. The quantitative estimate of drug-likeness (QED) is 0.617. The topological polar surface area (TPSA) is 62.7 Å². The molecule has 30 heavy (non-hydrogen) atoms. The normalized spacial score (nSPS) is 15.5. The number of thiazole rings is 1. The van der Waals surface area contributed by atoms with E-state index < -0.39 is 6.10 Å². The van der Waals surface area contributed by atoms with Crippen molar-refractivity contribution in [2.75, 3.05) is 22.9 Å². The zero-order chi connectivity index (χ0) is 21.3. The van der Waals surface area contributed by atoms with E-state index in [2.05, 4.69) is 4.98 Å². The van der Waals surface area contributed by atoms with Gasteiger partial charge in [0.1, 0.15) is 12.3 Å². The zero-order valence-electron chi connectivity index (χ0n) is 17.2. The number of aromatic nitrogens is 1. The maximum atomic E-state index is 13.1. The number of carbonyl (C=O) groups is 2. The number of hydrogen-bond donors (Lipinski definition) is 0. The van der Waals surface area contributed by atoms with E-state index in [1.807, 2.05) is 67.8 Å². The van der Waals surface area contributed by atoms with Gasteiger partial charge in [0.05, 0.1) is 16.4 Å². The number of hydrogen-bond acceptors (Lipinski definition) is 5. The predicted octanol–water partition coefficient (Wildman–Crippen LogP) is 4.29. The van der Waals surface area contributed by atoms with Crippen molar-refractivity contribution in [2.24, 2.45) is 0 Å². The van der Waals surface area contributed by atoms with Crippen molar-refractivity contribution in [1.82, 2.24) is 4.98 Å². The Kier molecular flexibility index (Phi) is 5.55. The largest absolute Gasteiger partial charge is 0.479 e. The molecule has 0 saturated carbocycles. The van der Waals surface area contributed by atoms with Gasteiger partial charge in [0.2, 0.25) is 5.91 Å². The third-order valence-electron chi connectivity index (χ3n) is 5.06. The molecule has 0 N–H and O–H groups in total. The molecule has 2 amide bonds. The van der Waals surface area contributed by atoms with Gasteiger partial charge in [0.25, 0.3) is 5.91 Å². The van der Waals surface area contributed by atoms with Crippen LogP contribution in [0.1, 0.15) is 18.9 Å². The molecule has 0 aliphatic carbocycles. The molecule has 0 fully saturated rings. The Hall–Kier alpha value is -3.19. The summed E-state index contributed by atoms with van der Waals surface area (Å²) in [5.74, 6) is 0.215. The van der Waals surface area contributed by atoms with Gasteiger partial charge >= 0.3 is 0 Å². The summed E-state index contributed by atoms with van der Waals surface area (Å²) >= 11 is 1.57. The average molecular weight is 422 g/mol. The van der Waals surface area contributed by atoms with E-state index in [0.717, 1.165) is 22.0 Å². The maximum Gasteiger partial charge on any atom is 0.268 e. The predicted molar refractivity (Wildman–Crippen MR) is 119 cm³/mol. The van der Waals surface area contributed by atoms with Gasteiger partial charge in [0.15, 0.2) is 6.10 Å². The summed E-state index contributed by atoms with van der Waals surface area (Å²) in [6, 6.07) is 15.1.